The monoisotopic (exact) mass is 284 g/mol. The van der Waals surface area contributed by atoms with Crippen LogP contribution in [-0.4, -0.2) is 33.2 Å². The van der Waals surface area contributed by atoms with Gasteiger partial charge in [-0.2, -0.15) is 0 Å². The minimum Gasteiger partial charge on any atom is -0.266 e. The van der Waals surface area contributed by atoms with Gasteiger partial charge >= 0.3 is 0 Å². The maximum atomic E-state index is 11.4. The number of sulfone groups is 1. The summed E-state index contributed by atoms with van der Waals surface area (Å²) in [6.07, 6.45) is 0.831. The van der Waals surface area contributed by atoms with Crippen molar-refractivity contribution in [1.29, 1.82) is 0 Å². The van der Waals surface area contributed by atoms with Crippen molar-refractivity contribution in [3.8, 4) is 0 Å². The van der Waals surface area contributed by atoms with E-state index in [4.69, 9.17) is 11.6 Å². The fourth-order valence-corrected chi connectivity index (χ4v) is 4.02. The van der Waals surface area contributed by atoms with Crippen molar-refractivity contribution < 1.29 is 16.8 Å². The normalized spacial score (nSPS) is 12.4. The van der Waals surface area contributed by atoms with E-state index in [0.717, 1.165) is 6.26 Å². The molecule has 90 valence electrons. The SMILES string of the molecule is CS(=O)(=O)CS(=O)(=O)Nc1cccc(Cl)n1. The van der Waals surface area contributed by atoms with Crippen molar-refractivity contribution in [3.05, 3.63) is 23.4 Å². The Balaban J connectivity index is 2.90. The summed E-state index contributed by atoms with van der Waals surface area (Å²) in [7, 11) is -7.59. The molecule has 0 radical (unpaired) electrons. The zero-order valence-corrected chi connectivity index (χ0v) is 10.6. The summed E-state index contributed by atoms with van der Waals surface area (Å²) in [6, 6.07) is 4.33. The minimum absolute atomic E-state index is 0.0175. The third kappa shape index (κ3) is 4.77. The molecule has 1 aromatic rings. The Bertz CT molecular complexity index is 582. The molecule has 1 heterocycles. The maximum Gasteiger partial charge on any atom is 0.248 e. The molecule has 16 heavy (non-hydrogen) atoms. The molecular formula is C7H9ClN2O4S2. The molecule has 1 N–H and O–H groups in total. The van der Waals surface area contributed by atoms with Crippen LogP contribution in [0.25, 0.3) is 0 Å². The van der Waals surface area contributed by atoms with Crippen molar-refractivity contribution in [2.45, 2.75) is 0 Å². The van der Waals surface area contributed by atoms with Crippen LogP contribution >= 0.6 is 11.6 Å². The topological polar surface area (TPSA) is 93.2 Å². The Labute approximate surface area is 98.6 Å². The number of anilines is 1. The van der Waals surface area contributed by atoms with Gasteiger partial charge in [0.05, 0.1) is 0 Å². The van der Waals surface area contributed by atoms with E-state index in [1.165, 1.54) is 18.2 Å². The number of pyridine rings is 1. The lowest BCUT2D eigenvalue weighted by Gasteiger charge is -2.05. The second-order valence-corrected chi connectivity index (χ2v) is 7.72. The molecule has 0 saturated heterocycles. The molecule has 0 unspecified atom stereocenters. The van der Waals surface area contributed by atoms with Crippen LogP contribution in [0.5, 0.6) is 0 Å². The summed E-state index contributed by atoms with van der Waals surface area (Å²) in [4.78, 5) is 3.67. The third-order valence-electron chi connectivity index (χ3n) is 1.34. The molecule has 0 fully saturated rings. The van der Waals surface area contributed by atoms with Gasteiger partial charge in [-0.15, -0.1) is 0 Å². The maximum absolute atomic E-state index is 11.4. The van der Waals surface area contributed by atoms with E-state index in [-0.39, 0.29) is 11.0 Å². The molecule has 0 aliphatic heterocycles. The van der Waals surface area contributed by atoms with E-state index >= 15 is 0 Å². The molecule has 0 spiro atoms. The van der Waals surface area contributed by atoms with Gasteiger partial charge in [-0.1, -0.05) is 17.7 Å². The summed E-state index contributed by atoms with van der Waals surface area (Å²) in [6.45, 7) is 0. The smallest absolute Gasteiger partial charge is 0.248 e. The van der Waals surface area contributed by atoms with Crippen LogP contribution < -0.4 is 4.72 Å². The van der Waals surface area contributed by atoms with Crippen LogP contribution in [0.1, 0.15) is 0 Å². The highest BCUT2D eigenvalue weighted by molar-refractivity contribution is 8.08. The van der Waals surface area contributed by atoms with Crippen molar-refractivity contribution >= 4 is 37.3 Å². The van der Waals surface area contributed by atoms with Crippen LogP contribution in [0.15, 0.2) is 18.2 Å². The van der Waals surface area contributed by atoms with Gasteiger partial charge in [0.2, 0.25) is 10.0 Å². The highest BCUT2D eigenvalue weighted by atomic mass is 35.5. The summed E-state index contributed by atoms with van der Waals surface area (Å²) in [5, 5.41) is -0.881. The van der Waals surface area contributed by atoms with Gasteiger partial charge < -0.3 is 0 Å². The molecule has 0 atom stereocenters. The molecule has 6 nitrogen and oxygen atoms in total. The Hall–Kier alpha value is -0.860. The first kappa shape index (κ1) is 13.2. The van der Waals surface area contributed by atoms with Gasteiger partial charge in [-0.25, -0.2) is 21.8 Å². The summed E-state index contributed by atoms with van der Waals surface area (Å²) >= 11 is 5.54. The van der Waals surface area contributed by atoms with E-state index in [1.807, 2.05) is 4.72 Å². The number of sulfonamides is 1. The average Bonchev–Trinajstić information content (AvgIpc) is 1.96. The Morgan fingerprint density at radius 2 is 1.94 bits per heavy atom. The average molecular weight is 285 g/mol. The molecule has 0 saturated carbocycles. The molecule has 9 heteroatoms. The van der Waals surface area contributed by atoms with Crippen LogP contribution in [0.3, 0.4) is 0 Å². The second-order valence-electron chi connectivity index (χ2n) is 3.11. The van der Waals surface area contributed by atoms with Crippen LogP contribution in [0.2, 0.25) is 5.15 Å². The van der Waals surface area contributed by atoms with Gasteiger partial charge in [-0.3, -0.25) is 4.72 Å². The van der Waals surface area contributed by atoms with E-state index in [9.17, 15) is 16.8 Å². The van der Waals surface area contributed by atoms with Crippen LogP contribution in [0, 0.1) is 0 Å². The van der Waals surface area contributed by atoms with Gasteiger partial charge in [-0.05, 0) is 12.1 Å². The Kier molecular flexibility index (Phi) is 3.76. The van der Waals surface area contributed by atoms with Gasteiger partial charge in [0.1, 0.15) is 11.0 Å². The number of aromatic nitrogens is 1. The number of halogens is 1. The third-order valence-corrected chi connectivity index (χ3v) is 5.03. The second kappa shape index (κ2) is 4.56. The lowest BCUT2D eigenvalue weighted by molar-refractivity contribution is 0.595. The standard InChI is InChI=1S/C7H9ClN2O4S2/c1-15(11,12)5-16(13,14)10-7-4-2-3-6(8)9-7/h2-4H,5H2,1H3,(H,9,10). The quantitative estimate of drug-likeness (QED) is 0.812. The fraction of sp³-hybridized carbons (Fsp3) is 0.286. The van der Waals surface area contributed by atoms with Crippen LogP contribution in [-0.2, 0) is 19.9 Å². The minimum atomic E-state index is -3.97. The lowest BCUT2D eigenvalue weighted by atomic mass is 10.5. The van der Waals surface area contributed by atoms with E-state index in [0.29, 0.717) is 0 Å². The number of nitrogens with one attached hydrogen (secondary N) is 1. The van der Waals surface area contributed by atoms with Crippen molar-refractivity contribution in [2.75, 3.05) is 16.1 Å². The van der Waals surface area contributed by atoms with Gasteiger partial charge in [0.25, 0.3) is 0 Å². The Morgan fingerprint density at radius 3 is 2.44 bits per heavy atom. The highest BCUT2D eigenvalue weighted by Crippen LogP contribution is 2.11. The van der Waals surface area contributed by atoms with Crippen LogP contribution in [0.4, 0.5) is 5.82 Å². The predicted molar refractivity (Wildman–Crippen MR) is 61.5 cm³/mol. The van der Waals surface area contributed by atoms with Gasteiger partial charge in [0.15, 0.2) is 14.9 Å². The van der Waals surface area contributed by atoms with Gasteiger partial charge in [0, 0.05) is 6.26 Å². The highest BCUT2D eigenvalue weighted by Gasteiger charge is 2.18. The largest absolute Gasteiger partial charge is 0.266 e. The van der Waals surface area contributed by atoms with E-state index in [2.05, 4.69) is 4.98 Å². The van der Waals surface area contributed by atoms with E-state index in [1.54, 1.807) is 0 Å². The lowest BCUT2D eigenvalue weighted by Crippen LogP contribution is -2.22. The Morgan fingerprint density at radius 1 is 1.31 bits per heavy atom. The first-order valence-corrected chi connectivity index (χ1v) is 8.08. The molecule has 1 aromatic heterocycles. The first-order valence-electron chi connectivity index (χ1n) is 3.99. The van der Waals surface area contributed by atoms with Crippen molar-refractivity contribution in [3.63, 3.8) is 0 Å². The first-order chi connectivity index (χ1) is 7.18. The molecular weight excluding hydrogens is 276 g/mol. The number of rotatable bonds is 4. The predicted octanol–water partition coefficient (Wildman–Crippen LogP) is 0.479. The molecule has 1 rings (SSSR count). The van der Waals surface area contributed by atoms with Crippen molar-refractivity contribution in [2.24, 2.45) is 0 Å². The van der Waals surface area contributed by atoms with E-state index < -0.39 is 24.9 Å². The molecule has 0 aromatic carbocycles. The zero-order valence-electron chi connectivity index (χ0n) is 8.21. The number of hydrogen-bond acceptors (Lipinski definition) is 5. The summed E-state index contributed by atoms with van der Waals surface area (Å²) in [5.74, 6) is -0.0175. The molecule has 0 amide bonds. The van der Waals surface area contributed by atoms with Crippen molar-refractivity contribution in [1.82, 2.24) is 4.98 Å². The summed E-state index contributed by atoms with van der Waals surface area (Å²) in [5.41, 5.74) is 0. The fourth-order valence-electron chi connectivity index (χ4n) is 0.936. The number of nitrogens with zero attached hydrogens (tertiary/aromatic N) is 1. The molecule has 0 bridgehead atoms. The zero-order chi connectivity index (χ0) is 12.4. The molecule has 0 aliphatic rings. The summed E-state index contributed by atoms with van der Waals surface area (Å²) < 4.78 is 46.4. The molecule has 0 aliphatic carbocycles. The number of hydrogen-bond donors (Lipinski definition) is 1.